The molecule has 152 valence electrons. The summed E-state index contributed by atoms with van der Waals surface area (Å²) in [6.45, 7) is 9.20. The minimum atomic E-state index is -0.328. The maximum atomic E-state index is 12.6. The lowest BCUT2D eigenvalue weighted by atomic mass is 9.86. The van der Waals surface area contributed by atoms with E-state index in [1.54, 1.807) is 12.5 Å². The molecule has 0 amide bonds. The minimum absolute atomic E-state index is 0.0837. The van der Waals surface area contributed by atoms with Crippen molar-refractivity contribution < 1.29 is 9.53 Å². The quantitative estimate of drug-likeness (QED) is 0.377. The van der Waals surface area contributed by atoms with Crippen molar-refractivity contribution in [1.29, 1.82) is 0 Å². The highest BCUT2D eigenvalue weighted by Gasteiger charge is 2.21. The van der Waals surface area contributed by atoms with Crippen molar-refractivity contribution in [3.05, 3.63) is 82.3 Å². The first-order valence-corrected chi connectivity index (χ1v) is 11.1. The number of aromatic nitrogens is 2. The molecule has 0 radical (unpaired) electrons. The van der Waals surface area contributed by atoms with Gasteiger partial charge in [0.2, 0.25) is 0 Å². The Kier molecular flexibility index (Phi) is 6.85. The van der Waals surface area contributed by atoms with E-state index in [-0.39, 0.29) is 16.0 Å². The highest BCUT2D eigenvalue weighted by Crippen LogP contribution is 2.34. The van der Waals surface area contributed by atoms with Gasteiger partial charge >= 0.3 is 5.30 Å². The maximum Gasteiger partial charge on any atom is 0.373 e. The number of thioether (sulfide) groups is 1. The highest BCUT2D eigenvalue weighted by molar-refractivity contribution is 9.10. The van der Waals surface area contributed by atoms with Crippen molar-refractivity contribution in [2.75, 3.05) is 0 Å². The summed E-state index contributed by atoms with van der Waals surface area (Å²) in [5, 5.41) is -0.412. The third-order valence-corrected chi connectivity index (χ3v) is 6.50. The second kappa shape index (κ2) is 9.18. The Hall–Kier alpha value is -2.05. The van der Waals surface area contributed by atoms with Crippen LogP contribution in [0.2, 0.25) is 0 Å². The zero-order chi connectivity index (χ0) is 21.0. The van der Waals surface area contributed by atoms with Crippen molar-refractivity contribution in [2.24, 2.45) is 0 Å². The Balaban J connectivity index is 1.77. The molecule has 29 heavy (non-hydrogen) atoms. The molecule has 4 nitrogen and oxygen atoms in total. The molecule has 0 saturated carbocycles. The van der Waals surface area contributed by atoms with Crippen LogP contribution in [0.25, 0.3) is 0 Å². The summed E-state index contributed by atoms with van der Waals surface area (Å²) in [5.74, 6) is 0.532. The van der Waals surface area contributed by atoms with Crippen LogP contribution in [0.15, 0.2) is 65.7 Å². The average molecular weight is 473 g/mol. The fourth-order valence-electron chi connectivity index (χ4n) is 2.87. The van der Waals surface area contributed by atoms with E-state index in [0.29, 0.717) is 12.3 Å². The number of carbonyl (C=O) groups is 1. The smallest absolute Gasteiger partial charge is 0.373 e. The Labute approximate surface area is 184 Å². The molecule has 1 aromatic heterocycles. The van der Waals surface area contributed by atoms with Crippen molar-refractivity contribution in [3.8, 4) is 5.75 Å². The third-order valence-electron chi connectivity index (χ3n) is 4.67. The van der Waals surface area contributed by atoms with E-state index in [1.807, 2.05) is 35.9 Å². The van der Waals surface area contributed by atoms with E-state index in [9.17, 15) is 4.79 Å². The molecule has 0 N–H and O–H groups in total. The second-order valence-electron chi connectivity index (χ2n) is 8.00. The number of aryl methyl sites for hydroxylation is 1. The molecular weight excluding hydrogens is 448 g/mol. The van der Waals surface area contributed by atoms with Gasteiger partial charge in [0.1, 0.15) is 5.75 Å². The standard InChI is InChI=1S/C23H25BrN2O2S/c1-16-5-10-19(13-20(16)24)28-22(27)29-21(14-26-12-11-25-15-26)17-6-8-18(9-7-17)23(2,3)4/h5-13,15,21H,14H2,1-4H3. The molecule has 3 rings (SSSR count). The van der Waals surface area contributed by atoms with E-state index in [4.69, 9.17) is 4.74 Å². The topological polar surface area (TPSA) is 44.1 Å². The van der Waals surface area contributed by atoms with Gasteiger partial charge in [-0.2, -0.15) is 0 Å². The molecule has 0 aliphatic carbocycles. The molecule has 0 spiro atoms. The number of hydrogen-bond acceptors (Lipinski definition) is 4. The van der Waals surface area contributed by atoms with Gasteiger partial charge in [-0.05, 0) is 52.9 Å². The van der Waals surface area contributed by atoms with E-state index < -0.39 is 0 Å². The molecule has 3 aromatic rings. The highest BCUT2D eigenvalue weighted by atomic mass is 79.9. The normalized spacial score (nSPS) is 12.6. The molecule has 6 heteroatoms. The molecule has 0 fully saturated rings. The molecule has 1 unspecified atom stereocenters. The number of rotatable bonds is 5. The monoisotopic (exact) mass is 472 g/mol. The lowest BCUT2D eigenvalue weighted by Crippen LogP contribution is -2.13. The molecule has 1 heterocycles. The Bertz CT molecular complexity index is 964. The third kappa shape index (κ3) is 5.97. The number of imidazole rings is 1. The van der Waals surface area contributed by atoms with Crippen molar-refractivity contribution in [1.82, 2.24) is 9.55 Å². The van der Waals surface area contributed by atoms with Crippen LogP contribution in [0.1, 0.15) is 42.7 Å². The molecule has 0 aliphatic heterocycles. The predicted octanol–water partition coefficient (Wildman–Crippen LogP) is 6.93. The van der Waals surface area contributed by atoms with Crippen LogP contribution in [-0.2, 0) is 12.0 Å². The van der Waals surface area contributed by atoms with Crippen LogP contribution in [0.4, 0.5) is 4.79 Å². The van der Waals surface area contributed by atoms with E-state index in [0.717, 1.165) is 15.6 Å². The van der Waals surface area contributed by atoms with E-state index in [2.05, 4.69) is 66.0 Å². The number of ether oxygens (including phenoxy) is 1. The summed E-state index contributed by atoms with van der Waals surface area (Å²) in [5.41, 5.74) is 3.52. The van der Waals surface area contributed by atoms with Crippen LogP contribution in [0, 0.1) is 6.92 Å². The fourth-order valence-corrected chi connectivity index (χ4v) is 4.14. The molecule has 1 atom stereocenters. The van der Waals surface area contributed by atoms with Crippen LogP contribution in [0.5, 0.6) is 5.75 Å². The van der Waals surface area contributed by atoms with Gasteiger partial charge in [-0.15, -0.1) is 0 Å². The summed E-state index contributed by atoms with van der Waals surface area (Å²) < 4.78 is 8.46. The van der Waals surface area contributed by atoms with Crippen molar-refractivity contribution in [3.63, 3.8) is 0 Å². The first-order chi connectivity index (χ1) is 13.7. The maximum absolute atomic E-state index is 12.6. The van der Waals surface area contributed by atoms with Gasteiger partial charge in [-0.1, -0.05) is 67.0 Å². The van der Waals surface area contributed by atoms with Gasteiger partial charge in [0.05, 0.1) is 11.6 Å². The molecule has 2 aromatic carbocycles. The fraction of sp³-hybridized carbons (Fsp3) is 0.304. The Morgan fingerprint density at radius 1 is 1.21 bits per heavy atom. The Morgan fingerprint density at radius 3 is 2.52 bits per heavy atom. The number of benzene rings is 2. The lowest BCUT2D eigenvalue weighted by Gasteiger charge is -2.21. The minimum Gasteiger partial charge on any atom is -0.418 e. The van der Waals surface area contributed by atoms with Crippen molar-refractivity contribution >= 4 is 33.0 Å². The number of halogens is 1. The summed E-state index contributed by atoms with van der Waals surface area (Å²) >= 11 is 4.67. The van der Waals surface area contributed by atoms with Gasteiger partial charge in [-0.3, -0.25) is 0 Å². The van der Waals surface area contributed by atoms with Crippen LogP contribution in [0.3, 0.4) is 0 Å². The predicted molar refractivity (Wildman–Crippen MR) is 123 cm³/mol. The summed E-state index contributed by atoms with van der Waals surface area (Å²) in [4.78, 5) is 16.8. The Morgan fingerprint density at radius 2 is 1.93 bits per heavy atom. The molecule has 0 bridgehead atoms. The number of hydrogen-bond donors (Lipinski definition) is 0. The second-order valence-corrected chi connectivity index (χ2v) is 9.99. The van der Waals surface area contributed by atoms with Crippen molar-refractivity contribution in [2.45, 2.75) is 44.9 Å². The van der Waals surface area contributed by atoms with Gasteiger partial charge in [-0.25, -0.2) is 9.78 Å². The molecule has 0 aliphatic rings. The summed E-state index contributed by atoms with van der Waals surface area (Å²) in [6.07, 6.45) is 5.41. The molecular formula is C23H25BrN2O2S. The lowest BCUT2D eigenvalue weighted by molar-refractivity contribution is 0.227. The van der Waals surface area contributed by atoms with E-state index >= 15 is 0 Å². The summed E-state index contributed by atoms with van der Waals surface area (Å²) in [6, 6.07) is 14.0. The van der Waals surface area contributed by atoms with Gasteiger partial charge in [0.15, 0.2) is 0 Å². The van der Waals surface area contributed by atoms with Crippen LogP contribution >= 0.6 is 27.7 Å². The van der Waals surface area contributed by atoms with Crippen LogP contribution < -0.4 is 4.74 Å². The zero-order valence-electron chi connectivity index (χ0n) is 17.1. The number of nitrogens with zero attached hydrogens (tertiary/aromatic N) is 2. The van der Waals surface area contributed by atoms with Gasteiger partial charge in [0, 0.05) is 23.4 Å². The summed E-state index contributed by atoms with van der Waals surface area (Å²) in [7, 11) is 0. The van der Waals surface area contributed by atoms with E-state index in [1.165, 1.54) is 17.3 Å². The average Bonchev–Trinajstić information content (AvgIpc) is 3.17. The first kappa shape index (κ1) is 21.7. The van der Waals surface area contributed by atoms with Gasteiger partial charge in [0.25, 0.3) is 0 Å². The zero-order valence-corrected chi connectivity index (χ0v) is 19.5. The first-order valence-electron chi connectivity index (χ1n) is 9.43. The van der Waals surface area contributed by atoms with Crippen LogP contribution in [-0.4, -0.2) is 14.9 Å². The largest absolute Gasteiger partial charge is 0.418 e. The molecule has 0 saturated heterocycles. The SMILES string of the molecule is Cc1ccc(OC(=O)SC(Cn2ccnc2)c2ccc(C(C)(C)C)cc2)cc1Br. The number of carbonyl (C=O) groups excluding carboxylic acids is 1. The van der Waals surface area contributed by atoms with Gasteiger partial charge < -0.3 is 9.30 Å².